The molecule has 0 radical (unpaired) electrons. The SMILES string of the molecule is C=C[Si](C=C[CH2-])(c1ccccc1)c1ccccc1.[Li+]. The maximum atomic E-state index is 4.09. The van der Waals surface area contributed by atoms with Gasteiger partial charge in [0, 0.05) is 0 Å². The van der Waals surface area contributed by atoms with Crippen molar-refractivity contribution in [1.29, 1.82) is 0 Å². The van der Waals surface area contributed by atoms with Crippen molar-refractivity contribution in [2.24, 2.45) is 0 Å². The second kappa shape index (κ2) is 7.26. The second-order valence-electron chi connectivity index (χ2n) is 4.21. The Labute approximate surface area is 129 Å². The molecular weight excluding hydrogens is 239 g/mol. The van der Waals surface area contributed by atoms with Gasteiger partial charge in [-0.15, -0.1) is 12.3 Å². The van der Waals surface area contributed by atoms with Gasteiger partial charge in [0.25, 0.3) is 0 Å². The molecule has 0 aliphatic carbocycles. The zero-order valence-corrected chi connectivity index (χ0v) is 12.4. The molecule has 0 fully saturated rings. The van der Waals surface area contributed by atoms with Gasteiger partial charge in [-0.05, 0) is 0 Å². The van der Waals surface area contributed by atoms with Gasteiger partial charge >= 0.3 is 18.9 Å². The minimum atomic E-state index is -2.00. The Balaban J connectivity index is 0.00000180. The maximum Gasteiger partial charge on any atom is 1.00 e. The third-order valence-corrected chi connectivity index (χ3v) is 7.19. The van der Waals surface area contributed by atoms with E-state index in [0.29, 0.717) is 0 Å². The molecule has 90 valence electrons. The largest absolute Gasteiger partial charge is 1.00 e. The zero-order chi connectivity index (χ0) is 12.8. The average Bonchev–Trinajstić information content (AvgIpc) is 2.47. The van der Waals surface area contributed by atoms with Crippen LogP contribution in [0.5, 0.6) is 0 Å². The standard InChI is InChI=1S/C17H17Si.Li/c1-3-15-18(4-2,16-11-7-5-8-12-16)17-13-9-6-10-14-17;/h3-15H,1-2H2;/q-1;+1. The van der Waals surface area contributed by atoms with E-state index in [-0.39, 0.29) is 18.9 Å². The Morgan fingerprint density at radius 2 is 1.26 bits per heavy atom. The molecule has 2 aromatic carbocycles. The summed E-state index contributed by atoms with van der Waals surface area (Å²) < 4.78 is 0. The van der Waals surface area contributed by atoms with Crippen molar-refractivity contribution in [2.45, 2.75) is 0 Å². The number of benzene rings is 2. The topological polar surface area (TPSA) is 0 Å². The van der Waals surface area contributed by atoms with Crippen LogP contribution in [0.1, 0.15) is 0 Å². The van der Waals surface area contributed by atoms with Gasteiger partial charge in [-0.1, -0.05) is 71.0 Å². The van der Waals surface area contributed by atoms with Crippen LogP contribution >= 0.6 is 0 Å². The molecule has 2 heteroatoms. The van der Waals surface area contributed by atoms with Gasteiger partial charge in [0.1, 0.15) is 0 Å². The summed E-state index contributed by atoms with van der Waals surface area (Å²) >= 11 is 0. The van der Waals surface area contributed by atoms with Crippen LogP contribution in [0.15, 0.2) is 84.7 Å². The van der Waals surface area contributed by atoms with Crippen molar-refractivity contribution < 1.29 is 18.9 Å². The molecule has 19 heavy (non-hydrogen) atoms. The summed E-state index contributed by atoms with van der Waals surface area (Å²) in [5.74, 6) is 0. The van der Waals surface area contributed by atoms with E-state index in [1.165, 1.54) is 10.4 Å². The second-order valence-corrected chi connectivity index (χ2v) is 7.84. The van der Waals surface area contributed by atoms with E-state index in [2.05, 4.69) is 73.4 Å². The number of hydrogen-bond acceptors (Lipinski definition) is 0. The molecular formula is C17H17LiSi. The first-order chi connectivity index (χ1) is 8.83. The van der Waals surface area contributed by atoms with Crippen LogP contribution in [0.2, 0.25) is 0 Å². The van der Waals surface area contributed by atoms with Crippen molar-refractivity contribution in [3.63, 3.8) is 0 Å². The van der Waals surface area contributed by atoms with Crippen LogP contribution in [-0.4, -0.2) is 8.07 Å². The molecule has 0 aliphatic heterocycles. The van der Waals surface area contributed by atoms with Gasteiger partial charge in [-0.2, -0.15) is 0 Å². The predicted octanol–water partition coefficient (Wildman–Crippen LogP) is -0.0917. The molecule has 0 saturated carbocycles. The van der Waals surface area contributed by atoms with Crippen molar-refractivity contribution in [3.8, 4) is 0 Å². The molecule has 0 N–H and O–H groups in total. The number of hydrogen-bond donors (Lipinski definition) is 0. The van der Waals surface area contributed by atoms with E-state index >= 15 is 0 Å². The normalized spacial score (nSPS) is 10.9. The Morgan fingerprint density at radius 1 is 0.842 bits per heavy atom. The first kappa shape index (κ1) is 15.7. The summed E-state index contributed by atoms with van der Waals surface area (Å²) in [6, 6.07) is 21.2. The Kier molecular flexibility index (Phi) is 5.98. The van der Waals surface area contributed by atoms with Gasteiger partial charge in [0.05, 0.1) is 8.07 Å². The van der Waals surface area contributed by atoms with E-state index in [9.17, 15) is 0 Å². The Morgan fingerprint density at radius 3 is 1.58 bits per heavy atom. The first-order valence-electron chi connectivity index (χ1n) is 6.05. The fourth-order valence-corrected chi connectivity index (χ4v) is 5.46. The fraction of sp³-hybridized carbons (Fsp3) is 0. The Bertz CT molecular complexity index is 492. The Hall–Kier alpha value is -1.40. The smallest absolute Gasteiger partial charge is 0.245 e. The molecule has 2 rings (SSSR count). The third-order valence-electron chi connectivity index (χ3n) is 3.21. The molecule has 0 saturated heterocycles. The van der Waals surface area contributed by atoms with Crippen molar-refractivity contribution >= 4 is 18.4 Å². The molecule has 0 nitrogen and oxygen atoms in total. The molecule has 0 aromatic heterocycles. The van der Waals surface area contributed by atoms with E-state index in [4.69, 9.17) is 0 Å². The molecule has 2 aromatic rings. The van der Waals surface area contributed by atoms with Gasteiger partial charge in [0.2, 0.25) is 0 Å². The molecule has 0 spiro atoms. The van der Waals surface area contributed by atoms with Crippen LogP contribution in [0.4, 0.5) is 0 Å². The van der Waals surface area contributed by atoms with E-state index in [1.54, 1.807) is 0 Å². The molecule has 0 atom stereocenters. The minimum Gasteiger partial charge on any atom is -0.245 e. The summed E-state index contributed by atoms with van der Waals surface area (Å²) in [7, 11) is -2.00. The number of allylic oxidation sites excluding steroid dienone is 1. The van der Waals surface area contributed by atoms with Crippen LogP contribution in [0.3, 0.4) is 0 Å². The van der Waals surface area contributed by atoms with E-state index < -0.39 is 8.07 Å². The summed E-state index contributed by atoms with van der Waals surface area (Å²) in [5, 5.41) is 2.68. The molecule has 0 heterocycles. The van der Waals surface area contributed by atoms with E-state index in [1.807, 2.05) is 18.2 Å². The average molecular weight is 256 g/mol. The zero-order valence-electron chi connectivity index (χ0n) is 11.4. The summed E-state index contributed by atoms with van der Waals surface area (Å²) in [6.45, 7) is 7.96. The van der Waals surface area contributed by atoms with Crippen molar-refractivity contribution in [1.82, 2.24) is 0 Å². The summed E-state index contributed by atoms with van der Waals surface area (Å²) in [5.41, 5.74) is 4.34. The quantitative estimate of drug-likeness (QED) is 0.530. The van der Waals surface area contributed by atoms with Gasteiger partial charge in [-0.3, -0.25) is 0 Å². The van der Waals surface area contributed by atoms with Crippen LogP contribution < -0.4 is 29.2 Å². The molecule has 0 bridgehead atoms. The van der Waals surface area contributed by atoms with Gasteiger partial charge < -0.3 is 0 Å². The van der Waals surface area contributed by atoms with Crippen LogP contribution in [0, 0.1) is 6.92 Å². The molecule has 0 amide bonds. The van der Waals surface area contributed by atoms with Gasteiger partial charge in [-0.25, -0.2) is 18.7 Å². The maximum absolute atomic E-state index is 4.09. The third kappa shape index (κ3) is 3.14. The van der Waals surface area contributed by atoms with Crippen LogP contribution in [-0.2, 0) is 0 Å². The van der Waals surface area contributed by atoms with Crippen molar-refractivity contribution in [3.05, 3.63) is 91.6 Å². The monoisotopic (exact) mass is 256 g/mol. The van der Waals surface area contributed by atoms with Gasteiger partial charge in [0.15, 0.2) is 0 Å². The fourth-order valence-electron chi connectivity index (χ4n) is 2.28. The van der Waals surface area contributed by atoms with E-state index in [0.717, 1.165) is 0 Å². The predicted molar refractivity (Wildman–Crippen MR) is 82.6 cm³/mol. The molecule has 0 unspecified atom stereocenters. The summed E-state index contributed by atoms with van der Waals surface area (Å²) in [4.78, 5) is 0. The van der Waals surface area contributed by atoms with Crippen LogP contribution in [0.25, 0.3) is 0 Å². The number of rotatable bonds is 4. The summed E-state index contributed by atoms with van der Waals surface area (Å²) in [6.07, 6.45) is 1.90. The molecule has 0 aliphatic rings. The first-order valence-corrected chi connectivity index (χ1v) is 8.20. The van der Waals surface area contributed by atoms with Crippen molar-refractivity contribution in [2.75, 3.05) is 0 Å². The minimum absolute atomic E-state index is 0.